The summed E-state index contributed by atoms with van der Waals surface area (Å²) in [5.74, 6) is -1.82. The molecule has 4 N–H and O–H groups in total. The van der Waals surface area contributed by atoms with E-state index in [0.29, 0.717) is 6.07 Å². The van der Waals surface area contributed by atoms with Crippen LogP contribution in [0.3, 0.4) is 0 Å². The topological polar surface area (TPSA) is 110 Å². The quantitative estimate of drug-likeness (QED) is 0.524. The molecule has 1 atom stereocenters. The molecule has 0 bridgehead atoms. The van der Waals surface area contributed by atoms with Crippen molar-refractivity contribution in [3.05, 3.63) is 33.6 Å². The molecule has 88 valence electrons. The Morgan fingerprint density at radius 3 is 2.69 bits per heavy atom. The normalized spacial score (nSPS) is 12.4. The van der Waals surface area contributed by atoms with E-state index >= 15 is 0 Å². The first kappa shape index (κ1) is 12.3. The van der Waals surface area contributed by atoms with Crippen molar-refractivity contribution in [1.29, 1.82) is 0 Å². The van der Waals surface area contributed by atoms with E-state index < -0.39 is 28.2 Å². The number of nitrogens with two attached hydrogens (primary N) is 1. The lowest BCUT2D eigenvalue weighted by atomic mass is 10.0. The monoisotopic (exact) mass is 230 g/mol. The van der Waals surface area contributed by atoms with Crippen LogP contribution in [0.5, 0.6) is 5.75 Å². The van der Waals surface area contributed by atoms with Crippen LogP contribution in [0.4, 0.5) is 10.1 Å². The molecule has 1 rings (SSSR count). The average Bonchev–Trinajstić information content (AvgIpc) is 2.21. The minimum Gasteiger partial charge on any atom is -0.505 e. The van der Waals surface area contributed by atoms with Gasteiger partial charge >= 0.3 is 0 Å². The Balaban J connectivity index is 3.21. The van der Waals surface area contributed by atoms with Crippen LogP contribution in [-0.2, 0) is 0 Å². The molecule has 6 nitrogen and oxygen atoms in total. The first-order valence-electron chi connectivity index (χ1n) is 4.50. The van der Waals surface area contributed by atoms with Gasteiger partial charge in [-0.05, 0) is 6.42 Å². The van der Waals surface area contributed by atoms with E-state index in [0.717, 1.165) is 6.07 Å². The van der Waals surface area contributed by atoms with Gasteiger partial charge in [0.25, 0.3) is 5.69 Å². The molecular formula is C9H11FN2O4. The second kappa shape index (κ2) is 4.86. The van der Waals surface area contributed by atoms with Gasteiger partial charge in [-0.1, -0.05) is 0 Å². The lowest BCUT2D eigenvalue weighted by Crippen LogP contribution is -2.13. The Kier molecular flexibility index (Phi) is 3.75. The maximum absolute atomic E-state index is 13.1. The fourth-order valence-corrected chi connectivity index (χ4v) is 1.29. The summed E-state index contributed by atoms with van der Waals surface area (Å²) < 4.78 is 13.1. The summed E-state index contributed by atoms with van der Waals surface area (Å²) in [5.41, 5.74) is 4.97. The summed E-state index contributed by atoms with van der Waals surface area (Å²) in [6, 6.07) is 0.767. The number of aromatic hydroxyl groups is 1. The second-order valence-corrected chi connectivity index (χ2v) is 3.24. The number of nitro groups is 1. The van der Waals surface area contributed by atoms with E-state index in [1.54, 1.807) is 0 Å². The van der Waals surface area contributed by atoms with E-state index in [1.165, 1.54) is 0 Å². The Hall–Kier alpha value is -1.73. The van der Waals surface area contributed by atoms with Gasteiger partial charge in [0, 0.05) is 24.3 Å². The number of phenols is 1. The zero-order valence-corrected chi connectivity index (χ0v) is 8.26. The number of phenolic OH excluding ortho intramolecular Hbond substituents is 1. The number of rotatable bonds is 4. The second-order valence-electron chi connectivity index (χ2n) is 3.24. The highest BCUT2D eigenvalue weighted by Gasteiger charge is 2.20. The van der Waals surface area contributed by atoms with Gasteiger partial charge in [0.05, 0.1) is 11.0 Å². The molecule has 1 aromatic rings. The summed E-state index contributed by atoms with van der Waals surface area (Å²) >= 11 is 0. The first-order chi connectivity index (χ1) is 7.47. The third kappa shape index (κ3) is 2.44. The van der Waals surface area contributed by atoms with Crippen molar-refractivity contribution in [1.82, 2.24) is 0 Å². The number of non-ortho nitro benzene ring substituents is 1. The van der Waals surface area contributed by atoms with Gasteiger partial charge in [0.1, 0.15) is 0 Å². The lowest BCUT2D eigenvalue weighted by Gasteiger charge is -2.12. The maximum Gasteiger partial charge on any atom is 0.272 e. The molecule has 0 aromatic heterocycles. The van der Waals surface area contributed by atoms with Crippen molar-refractivity contribution in [3.8, 4) is 5.75 Å². The molecule has 16 heavy (non-hydrogen) atoms. The molecule has 0 saturated heterocycles. The van der Waals surface area contributed by atoms with Crippen molar-refractivity contribution in [2.45, 2.75) is 12.5 Å². The fraction of sp³-hybridized carbons (Fsp3) is 0.333. The van der Waals surface area contributed by atoms with Crippen molar-refractivity contribution in [2.24, 2.45) is 5.73 Å². The fourth-order valence-electron chi connectivity index (χ4n) is 1.29. The number of nitro benzene ring substituents is 1. The minimum absolute atomic E-state index is 0.0775. The Morgan fingerprint density at radius 2 is 2.19 bits per heavy atom. The molecule has 0 heterocycles. The van der Waals surface area contributed by atoms with Crippen molar-refractivity contribution in [2.75, 3.05) is 6.61 Å². The predicted octanol–water partition coefficient (Wildman–Crippen LogP) is 0.822. The maximum atomic E-state index is 13.1. The number of nitrogens with zero attached hydrogens (tertiary/aromatic N) is 1. The van der Waals surface area contributed by atoms with Gasteiger partial charge < -0.3 is 15.9 Å². The van der Waals surface area contributed by atoms with Crippen LogP contribution < -0.4 is 5.73 Å². The van der Waals surface area contributed by atoms with Gasteiger partial charge in [0.15, 0.2) is 11.6 Å². The van der Waals surface area contributed by atoms with Crippen molar-refractivity contribution in [3.63, 3.8) is 0 Å². The number of aliphatic hydroxyl groups is 1. The van der Waals surface area contributed by atoms with Crippen molar-refractivity contribution < 1.29 is 19.5 Å². The molecule has 1 aromatic carbocycles. The Bertz CT molecular complexity index is 411. The summed E-state index contributed by atoms with van der Waals surface area (Å²) in [6.45, 7) is -0.259. The zero-order valence-electron chi connectivity index (χ0n) is 8.26. The zero-order chi connectivity index (χ0) is 12.3. The van der Waals surface area contributed by atoms with E-state index in [-0.39, 0.29) is 18.6 Å². The molecule has 0 unspecified atom stereocenters. The third-order valence-electron chi connectivity index (χ3n) is 2.13. The summed E-state index contributed by atoms with van der Waals surface area (Å²) in [7, 11) is 0. The van der Waals surface area contributed by atoms with Gasteiger partial charge in [0.2, 0.25) is 0 Å². The average molecular weight is 230 g/mol. The van der Waals surface area contributed by atoms with Gasteiger partial charge in [-0.15, -0.1) is 0 Å². The Labute approximate surface area is 90.3 Å². The first-order valence-corrected chi connectivity index (χ1v) is 4.50. The SMILES string of the molecule is N[C@@H](CCO)c1cc([N+](=O)[O-])cc(F)c1O. The van der Waals surface area contributed by atoms with Crippen LogP contribution in [0.15, 0.2) is 12.1 Å². The molecule has 0 aliphatic rings. The van der Waals surface area contributed by atoms with E-state index in [2.05, 4.69) is 0 Å². The largest absolute Gasteiger partial charge is 0.505 e. The van der Waals surface area contributed by atoms with Crippen LogP contribution in [0.1, 0.15) is 18.0 Å². The standard InChI is InChI=1S/C9H11FN2O4/c10-7-4-5(12(15)16)3-6(9(7)14)8(11)1-2-13/h3-4,8,13-14H,1-2,11H2/t8-/m0/s1. The molecule has 0 aliphatic carbocycles. The number of hydrogen-bond acceptors (Lipinski definition) is 5. The van der Waals surface area contributed by atoms with Gasteiger partial charge in [-0.2, -0.15) is 0 Å². The number of halogens is 1. The van der Waals surface area contributed by atoms with E-state index in [9.17, 15) is 19.6 Å². The van der Waals surface area contributed by atoms with Gasteiger partial charge in [-0.3, -0.25) is 10.1 Å². The van der Waals surface area contributed by atoms with Crippen LogP contribution in [-0.4, -0.2) is 21.7 Å². The van der Waals surface area contributed by atoms with Crippen LogP contribution in [0.25, 0.3) is 0 Å². The molecule has 0 saturated carbocycles. The van der Waals surface area contributed by atoms with Gasteiger partial charge in [-0.25, -0.2) is 4.39 Å². The number of aliphatic hydroxyl groups excluding tert-OH is 1. The molecule has 0 spiro atoms. The molecule has 0 aliphatic heterocycles. The smallest absolute Gasteiger partial charge is 0.272 e. The highest BCUT2D eigenvalue weighted by atomic mass is 19.1. The lowest BCUT2D eigenvalue weighted by molar-refractivity contribution is -0.385. The highest BCUT2D eigenvalue weighted by Crippen LogP contribution is 2.31. The molecule has 0 amide bonds. The predicted molar refractivity (Wildman–Crippen MR) is 53.4 cm³/mol. The number of hydrogen-bond donors (Lipinski definition) is 3. The van der Waals surface area contributed by atoms with Crippen LogP contribution in [0.2, 0.25) is 0 Å². The highest BCUT2D eigenvalue weighted by molar-refractivity contribution is 5.45. The summed E-state index contributed by atoms with van der Waals surface area (Å²) in [4.78, 5) is 9.68. The Morgan fingerprint density at radius 1 is 1.56 bits per heavy atom. The molecule has 7 heteroatoms. The van der Waals surface area contributed by atoms with Crippen LogP contribution in [0, 0.1) is 15.9 Å². The van der Waals surface area contributed by atoms with Crippen molar-refractivity contribution >= 4 is 5.69 Å². The van der Waals surface area contributed by atoms with E-state index in [1.807, 2.05) is 0 Å². The summed E-state index contributed by atoms with van der Waals surface area (Å²) in [5, 5.41) is 28.5. The minimum atomic E-state index is -1.10. The number of benzene rings is 1. The van der Waals surface area contributed by atoms with Crippen LogP contribution >= 0.6 is 0 Å². The third-order valence-corrected chi connectivity index (χ3v) is 2.13. The summed E-state index contributed by atoms with van der Waals surface area (Å²) in [6.07, 6.45) is 0.0775. The van der Waals surface area contributed by atoms with E-state index in [4.69, 9.17) is 10.8 Å². The molecule has 0 fully saturated rings. The molecular weight excluding hydrogens is 219 g/mol. The molecule has 0 radical (unpaired) electrons.